The van der Waals surface area contributed by atoms with Crippen molar-refractivity contribution in [1.82, 2.24) is 0 Å². The number of esters is 1. The molecule has 0 N–H and O–H groups in total. The van der Waals surface area contributed by atoms with Gasteiger partial charge in [-0.3, -0.25) is 4.79 Å². The van der Waals surface area contributed by atoms with Gasteiger partial charge in [-0.2, -0.15) is 0 Å². The highest BCUT2D eigenvalue weighted by Crippen LogP contribution is 2.25. The molecular weight excluding hydrogens is 416 g/mol. The first-order valence-electron chi connectivity index (χ1n) is 11.4. The molecule has 0 aromatic heterocycles. The molecule has 0 aliphatic rings. The lowest BCUT2D eigenvalue weighted by Gasteiger charge is -2.30. The van der Waals surface area contributed by atoms with Crippen LogP contribution in [0, 0.1) is 5.92 Å². The second-order valence-corrected chi connectivity index (χ2v) is 9.19. The molecule has 2 aromatic carbocycles. The summed E-state index contributed by atoms with van der Waals surface area (Å²) in [5, 5.41) is 0. The van der Waals surface area contributed by atoms with E-state index in [0.29, 0.717) is 24.2 Å². The number of rotatable bonds is 11. The molecule has 0 fully saturated rings. The topological polar surface area (TPSA) is 59.1 Å². The number of hydrogen-bond acceptors (Lipinski definition) is 6. The van der Waals surface area contributed by atoms with Gasteiger partial charge in [0.2, 0.25) is 0 Å². The number of ether oxygens (including phenoxy) is 2. The fraction of sp³-hybridized carbons (Fsp3) is 0.481. The zero-order valence-corrected chi connectivity index (χ0v) is 21.2. The van der Waals surface area contributed by atoms with Gasteiger partial charge in [0.05, 0.1) is 12.2 Å². The monoisotopic (exact) mass is 454 g/mol. The van der Waals surface area contributed by atoms with E-state index in [1.54, 1.807) is 12.1 Å². The second-order valence-electron chi connectivity index (χ2n) is 9.19. The predicted octanol–water partition coefficient (Wildman–Crippen LogP) is 5.07. The van der Waals surface area contributed by atoms with Crippen LogP contribution in [0.4, 0.5) is 11.4 Å². The molecule has 0 aliphatic heterocycles. The molecule has 2 aromatic rings. The zero-order chi connectivity index (χ0) is 24.8. The van der Waals surface area contributed by atoms with Crippen LogP contribution in [-0.2, 0) is 9.47 Å². The van der Waals surface area contributed by atoms with E-state index in [1.165, 1.54) is 0 Å². The van der Waals surface area contributed by atoms with Crippen LogP contribution in [0.25, 0.3) is 0 Å². The Morgan fingerprint density at radius 3 is 1.73 bits per heavy atom. The van der Waals surface area contributed by atoms with Crippen molar-refractivity contribution in [1.29, 1.82) is 0 Å². The van der Waals surface area contributed by atoms with Gasteiger partial charge in [-0.1, -0.05) is 13.8 Å². The van der Waals surface area contributed by atoms with Crippen molar-refractivity contribution in [3.05, 3.63) is 59.7 Å². The lowest BCUT2D eigenvalue weighted by Crippen LogP contribution is -2.40. The third kappa shape index (κ3) is 6.81. The zero-order valence-electron chi connectivity index (χ0n) is 21.2. The quantitative estimate of drug-likeness (QED) is 0.349. The van der Waals surface area contributed by atoms with Crippen molar-refractivity contribution in [2.24, 2.45) is 5.92 Å². The van der Waals surface area contributed by atoms with Crippen molar-refractivity contribution in [3.63, 3.8) is 0 Å². The number of hydrogen-bond donors (Lipinski definition) is 0. The van der Waals surface area contributed by atoms with Crippen molar-refractivity contribution < 1.29 is 19.1 Å². The Kier molecular flexibility index (Phi) is 9.06. The summed E-state index contributed by atoms with van der Waals surface area (Å²) in [4.78, 5) is 29.7. The van der Waals surface area contributed by atoms with E-state index in [4.69, 9.17) is 9.47 Å². The van der Waals surface area contributed by atoms with Gasteiger partial charge in [-0.05, 0) is 68.8 Å². The highest BCUT2D eigenvalue weighted by atomic mass is 16.5. The van der Waals surface area contributed by atoms with Gasteiger partial charge in [-0.15, -0.1) is 0 Å². The first kappa shape index (κ1) is 26.4. The van der Waals surface area contributed by atoms with Crippen molar-refractivity contribution in [2.75, 3.05) is 44.6 Å². The van der Waals surface area contributed by atoms with E-state index < -0.39 is 5.60 Å². The van der Waals surface area contributed by atoms with E-state index in [1.807, 2.05) is 102 Å². The SMILES string of the molecule is CCC(C)(OCC(C)C(C)OC(=O)c1ccc(N(C)C)cc1)C(=O)c1ccc(N(C)C)cc1. The Labute approximate surface area is 198 Å². The third-order valence-electron chi connectivity index (χ3n) is 6.18. The van der Waals surface area contributed by atoms with E-state index >= 15 is 0 Å². The number of carbonyl (C=O) groups excluding carboxylic acids is 2. The molecule has 3 unspecified atom stereocenters. The largest absolute Gasteiger partial charge is 0.459 e. The van der Waals surface area contributed by atoms with Crippen LogP contribution in [0.2, 0.25) is 0 Å². The van der Waals surface area contributed by atoms with Gasteiger partial charge in [-0.25, -0.2) is 4.79 Å². The molecule has 33 heavy (non-hydrogen) atoms. The van der Waals surface area contributed by atoms with Crippen LogP contribution < -0.4 is 9.80 Å². The standard InChI is InChI=1S/C27H38N2O4/c1-9-27(4,25(30)21-10-14-23(15-11-21)28(5)6)32-18-19(2)20(3)33-26(31)22-12-16-24(17-13-22)29(7)8/h10-17,19-20H,9,18H2,1-8H3. The minimum Gasteiger partial charge on any atom is -0.459 e. The van der Waals surface area contributed by atoms with Gasteiger partial charge < -0.3 is 19.3 Å². The van der Waals surface area contributed by atoms with Gasteiger partial charge >= 0.3 is 5.97 Å². The first-order chi connectivity index (χ1) is 15.5. The van der Waals surface area contributed by atoms with Crippen LogP contribution in [0.15, 0.2) is 48.5 Å². The molecule has 0 spiro atoms. The van der Waals surface area contributed by atoms with Crippen LogP contribution in [0.3, 0.4) is 0 Å². The van der Waals surface area contributed by atoms with Crippen LogP contribution in [0.1, 0.15) is 54.8 Å². The number of carbonyl (C=O) groups is 2. The molecule has 0 saturated carbocycles. The summed E-state index contributed by atoms with van der Waals surface area (Å²) in [5.41, 5.74) is 2.24. The van der Waals surface area contributed by atoms with E-state index in [2.05, 4.69) is 0 Å². The Hall–Kier alpha value is -2.86. The molecule has 3 atom stereocenters. The molecule has 0 bridgehead atoms. The Morgan fingerprint density at radius 1 is 0.848 bits per heavy atom. The van der Waals surface area contributed by atoms with Crippen molar-refractivity contribution >= 4 is 23.1 Å². The molecular formula is C27H38N2O4. The van der Waals surface area contributed by atoms with Crippen LogP contribution >= 0.6 is 0 Å². The van der Waals surface area contributed by atoms with Crippen molar-refractivity contribution in [2.45, 2.75) is 45.8 Å². The van der Waals surface area contributed by atoms with Gasteiger partial charge in [0.15, 0.2) is 5.78 Å². The number of Topliss-reactive ketones (excluding diaryl/α,β-unsaturated/α-hetero) is 1. The maximum atomic E-state index is 13.2. The summed E-state index contributed by atoms with van der Waals surface area (Å²) in [6, 6.07) is 14.8. The third-order valence-corrected chi connectivity index (χ3v) is 6.18. The smallest absolute Gasteiger partial charge is 0.338 e. The number of ketones is 1. The molecule has 0 aliphatic carbocycles. The molecule has 6 heteroatoms. The summed E-state index contributed by atoms with van der Waals surface area (Å²) in [5.74, 6) is -0.493. The maximum absolute atomic E-state index is 13.2. The average Bonchev–Trinajstić information content (AvgIpc) is 2.81. The second kappa shape index (κ2) is 11.3. The molecule has 180 valence electrons. The lowest BCUT2D eigenvalue weighted by molar-refractivity contribution is -0.0507. The molecule has 0 radical (unpaired) electrons. The normalized spacial score (nSPS) is 14.7. The van der Waals surface area contributed by atoms with Crippen molar-refractivity contribution in [3.8, 4) is 0 Å². The number of anilines is 2. The molecule has 0 amide bonds. The maximum Gasteiger partial charge on any atom is 0.338 e. The predicted molar refractivity (Wildman–Crippen MR) is 135 cm³/mol. The molecule has 0 heterocycles. The Balaban J connectivity index is 1.97. The number of nitrogens with zero attached hydrogens (tertiary/aromatic N) is 2. The van der Waals surface area contributed by atoms with E-state index in [9.17, 15) is 9.59 Å². The van der Waals surface area contributed by atoms with Crippen LogP contribution in [0.5, 0.6) is 0 Å². The minimum absolute atomic E-state index is 0.0480. The highest BCUT2D eigenvalue weighted by Gasteiger charge is 2.34. The van der Waals surface area contributed by atoms with Gasteiger partial charge in [0, 0.05) is 51.0 Å². The summed E-state index contributed by atoms with van der Waals surface area (Å²) >= 11 is 0. The van der Waals surface area contributed by atoms with Gasteiger partial charge in [0.25, 0.3) is 0 Å². The summed E-state index contributed by atoms with van der Waals surface area (Å²) in [6.07, 6.45) is 0.182. The Morgan fingerprint density at radius 2 is 1.30 bits per heavy atom. The average molecular weight is 455 g/mol. The van der Waals surface area contributed by atoms with Gasteiger partial charge in [0.1, 0.15) is 11.7 Å². The fourth-order valence-corrected chi connectivity index (χ4v) is 3.24. The summed E-state index contributed by atoms with van der Waals surface area (Å²) in [7, 11) is 7.82. The highest BCUT2D eigenvalue weighted by molar-refractivity contribution is 6.02. The van der Waals surface area contributed by atoms with Crippen LogP contribution in [-0.4, -0.2) is 58.3 Å². The van der Waals surface area contributed by atoms with E-state index in [0.717, 1.165) is 11.4 Å². The molecule has 2 rings (SSSR count). The first-order valence-corrected chi connectivity index (χ1v) is 11.4. The number of benzene rings is 2. The lowest BCUT2D eigenvalue weighted by atomic mass is 9.91. The fourth-order valence-electron chi connectivity index (χ4n) is 3.24. The summed E-state index contributed by atoms with van der Waals surface area (Å²) < 4.78 is 11.8. The minimum atomic E-state index is -0.945. The molecule has 6 nitrogen and oxygen atoms in total. The Bertz CT molecular complexity index is 922. The van der Waals surface area contributed by atoms with E-state index in [-0.39, 0.29) is 23.8 Å². The molecule has 0 saturated heterocycles. The summed E-state index contributed by atoms with van der Waals surface area (Å²) in [6.45, 7) is 7.88.